The van der Waals surface area contributed by atoms with Crippen molar-refractivity contribution in [2.75, 3.05) is 19.5 Å². The van der Waals surface area contributed by atoms with Crippen molar-refractivity contribution in [2.45, 2.75) is 11.6 Å². The maximum Gasteiger partial charge on any atom is 0.196 e. The third kappa shape index (κ3) is 3.17. The molecule has 7 heteroatoms. The molecule has 4 rings (SSSR count). The first-order valence-electron chi connectivity index (χ1n) is 8.21. The molecule has 0 radical (unpaired) electrons. The molecule has 0 bridgehead atoms. The Morgan fingerprint density at radius 1 is 1.31 bits per heavy atom. The quantitative estimate of drug-likeness (QED) is 0.492. The van der Waals surface area contributed by atoms with Crippen LogP contribution in [-0.2, 0) is 6.42 Å². The van der Waals surface area contributed by atoms with Crippen LogP contribution in [0.1, 0.15) is 15.9 Å². The first-order valence-corrected chi connectivity index (χ1v) is 9.20. The minimum Gasteiger partial charge on any atom is -0.495 e. The van der Waals surface area contributed by atoms with Crippen molar-refractivity contribution in [3.05, 3.63) is 59.9 Å². The minimum atomic E-state index is 0.0549. The van der Waals surface area contributed by atoms with Gasteiger partial charge in [0.25, 0.3) is 0 Å². The third-order valence-electron chi connectivity index (χ3n) is 4.20. The molecule has 2 aromatic carbocycles. The average Bonchev–Trinajstić information content (AvgIpc) is 3.34. The predicted molar refractivity (Wildman–Crippen MR) is 98.6 cm³/mol. The number of fused-ring (bicyclic) bond motifs is 1. The fourth-order valence-electron chi connectivity index (χ4n) is 2.89. The Kier molecular flexibility index (Phi) is 4.62. The molecule has 0 amide bonds. The molecule has 0 unspecified atom stereocenters. The normalized spacial score (nSPS) is 12.5. The Bertz CT molecular complexity index is 955. The smallest absolute Gasteiger partial charge is 0.196 e. The van der Waals surface area contributed by atoms with E-state index in [1.807, 2.05) is 47.0 Å². The third-order valence-corrected chi connectivity index (χ3v) is 5.15. The van der Waals surface area contributed by atoms with E-state index in [1.165, 1.54) is 11.8 Å². The number of rotatable bonds is 6. The van der Waals surface area contributed by atoms with E-state index in [0.717, 1.165) is 29.2 Å². The molecule has 0 N–H and O–H groups in total. The summed E-state index contributed by atoms with van der Waals surface area (Å²) in [6, 6.07) is 13.2. The van der Waals surface area contributed by atoms with Gasteiger partial charge < -0.3 is 9.47 Å². The van der Waals surface area contributed by atoms with Crippen molar-refractivity contribution >= 4 is 17.5 Å². The lowest BCUT2D eigenvalue weighted by molar-refractivity contribution is 0.102. The molecule has 3 aromatic rings. The fourth-order valence-corrected chi connectivity index (χ4v) is 3.71. The van der Waals surface area contributed by atoms with Gasteiger partial charge in [0.15, 0.2) is 10.9 Å². The average molecular weight is 367 g/mol. The minimum absolute atomic E-state index is 0.0549. The highest BCUT2D eigenvalue weighted by atomic mass is 32.2. The number of hydrogen-bond donors (Lipinski definition) is 0. The Morgan fingerprint density at radius 3 is 3.08 bits per heavy atom. The summed E-state index contributed by atoms with van der Waals surface area (Å²) in [6.07, 6.45) is 2.48. The van der Waals surface area contributed by atoms with Crippen LogP contribution in [0.3, 0.4) is 0 Å². The lowest BCUT2D eigenvalue weighted by Gasteiger charge is -2.10. The van der Waals surface area contributed by atoms with E-state index in [-0.39, 0.29) is 11.5 Å². The highest BCUT2D eigenvalue weighted by Crippen LogP contribution is 2.29. The monoisotopic (exact) mass is 367 g/mol. The number of hydrogen-bond acceptors (Lipinski definition) is 6. The van der Waals surface area contributed by atoms with Gasteiger partial charge >= 0.3 is 0 Å². The van der Waals surface area contributed by atoms with Crippen LogP contribution < -0.4 is 9.47 Å². The standard InChI is InChI=1S/C19H17N3O3S/c1-24-18-5-3-2-4-15(18)22-12-20-21-19(22)26-11-16(23)13-6-7-17-14(10-13)8-9-25-17/h2-7,10,12H,8-9,11H2,1H3. The lowest BCUT2D eigenvalue weighted by atomic mass is 10.1. The highest BCUT2D eigenvalue weighted by Gasteiger charge is 2.17. The number of nitrogens with zero attached hydrogens (tertiary/aromatic N) is 3. The largest absolute Gasteiger partial charge is 0.495 e. The van der Waals surface area contributed by atoms with Gasteiger partial charge in [-0.1, -0.05) is 23.9 Å². The number of methoxy groups -OCH3 is 1. The van der Waals surface area contributed by atoms with Crippen LogP contribution in [0.15, 0.2) is 53.9 Å². The molecule has 0 fully saturated rings. The zero-order valence-corrected chi connectivity index (χ0v) is 15.0. The number of carbonyl (C=O) groups excluding carboxylic acids is 1. The van der Waals surface area contributed by atoms with E-state index >= 15 is 0 Å². The summed E-state index contributed by atoms with van der Waals surface area (Å²) in [7, 11) is 1.62. The molecular weight excluding hydrogens is 350 g/mol. The van der Waals surface area contributed by atoms with Gasteiger partial charge in [-0.3, -0.25) is 9.36 Å². The molecule has 0 aliphatic carbocycles. The van der Waals surface area contributed by atoms with Crippen LogP contribution in [0.5, 0.6) is 11.5 Å². The summed E-state index contributed by atoms with van der Waals surface area (Å²) in [4.78, 5) is 12.6. The highest BCUT2D eigenvalue weighted by molar-refractivity contribution is 7.99. The topological polar surface area (TPSA) is 66.2 Å². The molecule has 132 valence electrons. The molecule has 6 nitrogen and oxygen atoms in total. The first kappa shape index (κ1) is 16.7. The van der Waals surface area contributed by atoms with Gasteiger partial charge in [-0.2, -0.15) is 0 Å². The number of aromatic nitrogens is 3. The van der Waals surface area contributed by atoms with Gasteiger partial charge in [0.05, 0.1) is 25.2 Å². The van der Waals surface area contributed by atoms with Crippen LogP contribution in [0.4, 0.5) is 0 Å². The van der Waals surface area contributed by atoms with E-state index in [0.29, 0.717) is 17.3 Å². The van der Waals surface area contributed by atoms with Crippen molar-refractivity contribution in [3.8, 4) is 17.2 Å². The van der Waals surface area contributed by atoms with E-state index in [9.17, 15) is 4.79 Å². The SMILES string of the molecule is COc1ccccc1-n1cnnc1SCC(=O)c1ccc2c(c1)CCO2. The number of Topliss-reactive ketones (excluding diaryl/α,β-unsaturated/α-hetero) is 1. The van der Waals surface area contributed by atoms with Gasteiger partial charge in [-0.05, 0) is 35.9 Å². The Morgan fingerprint density at radius 2 is 2.19 bits per heavy atom. The Labute approximate surface area is 155 Å². The first-order chi connectivity index (χ1) is 12.8. The molecule has 0 saturated heterocycles. The summed E-state index contributed by atoms with van der Waals surface area (Å²) in [5.74, 6) is 1.94. The van der Waals surface area contributed by atoms with Crippen molar-refractivity contribution < 1.29 is 14.3 Å². The van der Waals surface area contributed by atoms with Crippen LogP contribution in [0.25, 0.3) is 5.69 Å². The Balaban J connectivity index is 1.51. The van der Waals surface area contributed by atoms with Crippen molar-refractivity contribution in [2.24, 2.45) is 0 Å². The summed E-state index contributed by atoms with van der Waals surface area (Å²) in [5.41, 5.74) is 2.63. The van der Waals surface area contributed by atoms with Crippen molar-refractivity contribution in [1.29, 1.82) is 0 Å². The molecule has 0 spiro atoms. The molecule has 0 atom stereocenters. The molecule has 1 aromatic heterocycles. The van der Waals surface area contributed by atoms with Crippen LogP contribution in [0, 0.1) is 0 Å². The van der Waals surface area contributed by atoms with Crippen LogP contribution in [0.2, 0.25) is 0 Å². The van der Waals surface area contributed by atoms with Crippen LogP contribution >= 0.6 is 11.8 Å². The number of para-hydroxylation sites is 2. The zero-order chi connectivity index (χ0) is 17.9. The molecule has 1 aliphatic heterocycles. The second-order valence-corrected chi connectivity index (χ2v) is 6.73. The fraction of sp³-hybridized carbons (Fsp3) is 0.211. The number of benzene rings is 2. The van der Waals surface area contributed by atoms with Gasteiger partial charge in [0.2, 0.25) is 0 Å². The van der Waals surface area contributed by atoms with Crippen molar-refractivity contribution in [3.63, 3.8) is 0 Å². The summed E-state index contributed by atoms with van der Waals surface area (Å²) >= 11 is 1.36. The second-order valence-electron chi connectivity index (χ2n) is 5.79. The van der Waals surface area contributed by atoms with E-state index in [1.54, 1.807) is 13.4 Å². The molecule has 0 saturated carbocycles. The van der Waals surface area contributed by atoms with E-state index in [2.05, 4.69) is 10.2 Å². The number of thioether (sulfide) groups is 1. The predicted octanol–water partition coefficient (Wildman–Crippen LogP) is 3.19. The van der Waals surface area contributed by atoms with Crippen molar-refractivity contribution in [1.82, 2.24) is 14.8 Å². The molecule has 26 heavy (non-hydrogen) atoms. The number of carbonyl (C=O) groups is 1. The number of ketones is 1. The zero-order valence-electron chi connectivity index (χ0n) is 14.2. The van der Waals surface area contributed by atoms with Crippen LogP contribution in [-0.4, -0.2) is 40.0 Å². The van der Waals surface area contributed by atoms with Gasteiger partial charge in [0.1, 0.15) is 17.8 Å². The second kappa shape index (κ2) is 7.21. The van der Waals surface area contributed by atoms with Gasteiger partial charge in [-0.15, -0.1) is 10.2 Å². The molecular formula is C19H17N3O3S. The van der Waals surface area contributed by atoms with Gasteiger partial charge in [0, 0.05) is 12.0 Å². The lowest BCUT2D eigenvalue weighted by Crippen LogP contribution is -2.05. The van der Waals surface area contributed by atoms with Gasteiger partial charge in [-0.25, -0.2) is 0 Å². The van der Waals surface area contributed by atoms with E-state index in [4.69, 9.17) is 9.47 Å². The summed E-state index contributed by atoms with van der Waals surface area (Å²) in [5, 5.41) is 8.77. The Hall–Kier alpha value is -2.80. The molecule has 2 heterocycles. The molecule has 1 aliphatic rings. The maximum atomic E-state index is 12.6. The summed E-state index contributed by atoms with van der Waals surface area (Å²) < 4.78 is 12.7. The summed E-state index contributed by atoms with van der Waals surface area (Å²) in [6.45, 7) is 0.684. The number of ether oxygens (including phenoxy) is 2. The van der Waals surface area contributed by atoms with E-state index < -0.39 is 0 Å². The maximum absolute atomic E-state index is 12.6.